The van der Waals surface area contributed by atoms with Crippen molar-refractivity contribution in [3.63, 3.8) is 0 Å². The second-order valence-corrected chi connectivity index (χ2v) is 7.69. The number of rotatable bonds is 4. The summed E-state index contributed by atoms with van der Waals surface area (Å²) in [6.07, 6.45) is 2.43. The van der Waals surface area contributed by atoms with E-state index in [0.717, 1.165) is 35.0 Å². The third-order valence-electron chi connectivity index (χ3n) is 4.63. The number of aliphatic hydroxyl groups is 1. The number of hydrogen-bond donors (Lipinski definition) is 1. The van der Waals surface area contributed by atoms with Crippen molar-refractivity contribution in [2.24, 2.45) is 5.92 Å². The van der Waals surface area contributed by atoms with Crippen molar-refractivity contribution in [3.8, 4) is 0 Å². The average molecular weight is 340 g/mol. The van der Waals surface area contributed by atoms with Gasteiger partial charge in [-0.15, -0.1) is 21.5 Å². The molecule has 0 amide bonds. The van der Waals surface area contributed by atoms with Crippen LogP contribution in [0.4, 0.5) is 0 Å². The lowest BCUT2D eigenvalue weighted by Crippen LogP contribution is -2.21. The molecule has 3 aromatic rings. The first-order valence-electron chi connectivity index (χ1n) is 8.21. The standard InChI is InChI=1S/C18H20N4OS/c1-12-20-21-18(24-12)11-22-9-14(17(23)10-22)8-13-6-7-19-16-5-3-2-4-15(13)16/h2-7,14,17,23H,8-11H2,1H3/t14-,17-/m1/s1. The Bertz CT molecular complexity index is 844. The number of nitrogens with zero attached hydrogens (tertiary/aromatic N) is 4. The van der Waals surface area contributed by atoms with Gasteiger partial charge in [-0.05, 0) is 31.0 Å². The van der Waals surface area contributed by atoms with E-state index < -0.39 is 0 Å². The molecule has 0 bridgehead atoms. The highest BCUT2D eigenvalue weighted by atomic mass is 32.1. The third-order valence-corrected chi connectivity index (χ3v) is 5.45. The number of pyridine rings is 1. The molecular weight excluding hydrogens is 320 g/mol. The molecule has 5 nitrogen and oxygen atoms in total. The summed E-state index contributed by atoms with van der Waals surface area (Å²) in [6, 6.07) is 10.3. The number of para-hydroxylation sites is 1. The number of β-amino-alcohol motifs (C(OH)–C–C–N with tert-alkyl or cyclic N) is 1. The van der Waals surface area contributed by atoms with E-state index in [9.17, 15) is 5.11 Å². The van der Waals surface area contributed by atoms with Crippen molar-refractivity contribution in [2.45, 2.75) is 26.0 Å². The van der Waals surface area contributed by atoms with E-state index >= 15 is 0 Å². The number of aliphatic hydroxyl groups excluding tert-OH is 1. The van der Waals surface area contributed by atoms with E-state index in [1.165, 1.54) is 10.9 Å². The van der Waals surface area contributed by atoms with Gasteiger partial charge in [0.15, 0.2) is 0 Å². The summed E-state index contributed by atoms with van der Waals surface area (Å²) in [6.45, 7) is 4.33. The van der Waals surface area contributed by atoms with Crippen LogP contribution < -0.4 is 0 Å². The fourth-order valence-electron chi connectivity index (χ4n) is 3.48. The second kappa shape index (κ2) is 6.55. The molecule has 4 rings (SSSR count). The fourth-order valence-corrected chi connectivity index (χ4v) is 4.23. The molecule has 0 aliphatic carbocycles. The smallest absolute Gasteiger partial charge is 0.131 e. The summed E-state index contributed by atoms with van der Waals surface area (Å²) >= 11 is 1.63. The summed E-state index contributed by atoms with van der Waals surface area (Å²) < 4.78 is 0. The predicted octanol–water partition coefficient (Wildman–Crippen LogP) is 2.43. The molecule has 1 aliphatic rings. The van der Waals surface area contributed by atoms with Crippen LogP contribution in [0.15, 0.2) is 36.5 Å². The summed E-state index contributed by atoms with van der Waals surface area (Å²) in [4.78, 5) is 6.70. The lowest BCUT2D eigenvalue weighted by molar-refractivity contribution is 0.141. The molecule has 0 unspecified atom stereocenters. The Hall–Kier alpha value is -1.89. The molecule has 1 N–H and O–H groups in total. The van der Waals surface area contributed by atoms with Crippen LogP contribution in [0.2, 0.25) is 0 Å². The zero-order chi connectivity index (χ0) is 16.5. The Morgan fingerprint density at radius 1 is 1.21 bits per heavy atom. The molecule has 1 fully saturated rings. The van der Waals surface area contributed by atoms with Crippen molar-refractivity contribution in [1.29, 1.82) is 0 Å². The van der Waals surface area contributed by atoms with E-state index in [1.807, 2.05) is 31.3 Å². The van der Waals surface area contributed by atoms with Gasteiger partial charge in [0.05, 0.1) is 18.2 Å². The first kappa shape index (κ1) is 15.6. The second-order valence-electron chi connectivity index (χ2n) is 6.43. The molecule has 6 heteroatoms. The Morgan fingerprint density at radius 3 is 2.92 bits per heavy atom. The predicted molar refractivity (Wildman–Crippen MR) is 94.9 cm³/mol. The Kier molecular flexibility index (Phi) is 4.26. The van der Waals surface area contributed by atoms with Gasteiger partial charge in [0.25, 0.3) is 0 Å². The highest BCUT2D eigenvalue weighted by Gasteiger charge is 2.32. The first-order chi connectivity index (χ1) is 11.7. The molecule has 0 spiro atoms. The quantitative estimate of drug-likeness (QED) is 0.790. The molecule has 0 radical (unpaired) electrons. The van der Waals surface area contributed by atoms with E-state index in [-0.39, 0.29) is 12.0 Å². The van der Waals surface area contributed by atoms with Crippen molar-refractivity contribution in [1.82, 2.24) is 20.1 Å². The first-order valence-corrected chi connectivity index (χ1v) is 9.03. The van der Waals surface area contributed by atoms with Gasteiger partial charge in [0, 0.05) is 30.6 Å². The molecular formula is C18H20N4OS. The van der Waals surface area contributed by atoms with Crippen LogP contribution in [0.1, 0.15) is 15.6 Å². The minimum Gasteiger partial charge on any atom is -0.391 e. The Morgan fingerprint density at radius 2 is 2.08 bits per heavy atom. The van der Waals surface area contributed by atoms with Gasteiger partial charge in [-0.25, -0.2) is 0 Å². The van der Waals surface area contributed by atoms with Crippen LogP contribution in [0.5, 0.6) is 0 Å². The topological polar surface area (TPSA) is 62.1 Å². The van der Waals surface area contributed by atoms with E-state index in [0.29, 0.717) is 6.54 Å². The largest absolute Gasteiger partial charge is 0.391 e. The van der Waals surface area contributed by atoms with E-state index in [4.69, 9.17) is 0 Å². The number of benzene rings is 1. The molecule has 3 heterocycles. The monoisotopic (exact) mass is 340 g/mol. The minimum atomic E-state index is -0.300. The summed E-state index contributed by atoms with van der Waals surface area (Å²) in [5.41, 5.74) is 2.28. The van der Waals surface area contributed by atoms with Crippen LogP contribution in [0.3, 0.4) is 0 Å². The van der Waals surface area contributed by atoms with Crippen LogP contribution >= 0.6 is 11.3 Å². The normalized spacial score (nSPS) is 21.6. The zero-order valence-corrected chi connectivity index (χ0v) is 14.4. The van der Waals surface area contributed by atoms with Crippen LogP contribution in [-0.4, -0.2) is 44.4 Å². The van der Waals surface area contributed by atoms with Crippen molar-refractivity contribution < 1.29 is 5.11 Å². The van der Waals surface area contributed by atoms with Gasteiger partial charge in [0.2, 0.25) is 0 Å². The lowest BCUT2D eigenvalue weighted by Gasteiger charge is -2.15. The van der Waals surface area contributed by atoms with Crippen LogP contribution in [-0.2, 0) is 13.0 Å². The molecule has 24 heavy (non-hydrogen) atoms. The van der Waals surface area contributed by atoms with Gasteiger partial charge in [-0.1, -0.05) is 18.2 Å². The Labute approximate surface area is 145 Å². The van der Waals surface area contributed by atoms with Gasteiger partial charge in [-0.3, -0.25) is 9.88 Å². The molecule has 2 atom stereocenters. The number of fused-ring (bicyclic) bond motifs is 1. The van der Waals surface area contributed by atoms with Crippen molar-refractivity contribution in [3.05, 3.63) is 52.1 Å². The van der Waals surface area contributed by atoms with Crippen molar-refractivity contribution in [2.75, 3.05) is 13.1 Å². The SMILES string of the molecule is Cc1nnc(CN2C[C@@H](Cc3ccnc4ccccc34)[C@H](O)C2)s1. The van der Waals surface area contributed by atoms with Gasteiger partial charge >= 0.3 is 0 Å². The minimum absolute atomic E-state index is 0.241. The maximum absolute atomic E-state index is 10.5. The number of likely N-dealkylation sites (tertiary alicyclic amines) is 1. The van der Waals surface area contributed by atoms with Crippen LogP contribution in [0, 0.1) is 12.8 Å². The van der Waals surface area contributed by atoms with Crippen molar-refractivity contribution >= 4 is 22.2 Å². The summed E-state index contributed by atoms with van der Waals surface area (Å²) in [5, 5.41) is 21.9. The highest BCUT2D eigenvalue weighted by molar-refractivity contribution is 7.11. The van der Waals surface area contributed by atoms with Gasteiger partial charge in [-0.2, -0.15) is 0 Å². The fraction of sp³-hybridized carbons (Fsp3) is 0.389. The maximum atomic E-state index is 10.5. The molecule has 124 valence electrons. The molecule has 1 aliphatic heterocycles. The van der Waals surface area contributed by atoms with E-state index in [2.05, 4.69) is 32.2 Å². The number of aryl methyl sites for hydroxylation is 1. The van der Waals surface area contributed by atoms with Gasteiger partial charge in [0.1, 0.15) is 10.0 Å². The maximum Gasteiger partial charge on any atom is 0.131 e. The third kappa shape index (κ3) is 3.17. The Balaban J connectivity index is 1.48. The molecule has 1 aromatic carbocycles. The zero-order valence-electron chi connectivity index (χ0n) is 13.6. The summed E-state index contributed by atoms with van der Waals surface area (Å²) in [7, 11) is 0. The molecule has 2 aromatic heterocycles. The molecule has 0 saturated carbocycles. The number of aromatic nitrogens is 3. The lowest BCUT2D eigenvalue weighted by atomic mass is 9.94. The highest BCUT2D eigenvalue weighted by Crippen LogP contribution is 2.26. The van der Waals surface area contributed by atoms with Crippen LogP contribution in [0.25, 0.3) is 10.9 Å². The number of hydrogen-bond acceptors (Lipinski definition) is 6. The van der Waals surface area contributed by atoms with Gasteiger partial charge < -0.3 is 5.11 Å². The summed E-state index contributed by atoms with van der Waals surface area (Å²) in [5.74, 6) is 0.241. The van der Waals surface area contributed by atoms with E-state index in [1.54, 1.807) is 11.3 Å². The molecule has 1 saturated heterocycles. The average Bonchev–Trinajstić information content (AvgIpc) is 3.14.